The fraction of sp³-hybridized carbons (Fsp3) is 0.500. The molecule has 0 atom stereocenters. The molecule has 0 fully saturated rings. The van der Waals surface area contributed by atoms with Gasteiger partial charge >= 0.3 is 0 Å². The highest BCUT2D eigenvalue weighted by molar-refractivity contribution is 6.28. The van der Waals surface area contributed by atoms with E-state index in [2.05, 4.69) is 10.3 Å². The third kappa shape index (κ3) is 3.35. The molecule has 0 aliphatic rings. The summed E-state index contributed by atoms with van der Waals surface area (Å²) in [5, 5.41) is 11.4. The standard InChI is InChI=1S/C8H12ClN3O2/c9-8-11-3-4-12(8)6-7(14)10-2-1-5-13/h3-4,13H,1-2,5-6H2,(H,10,14). The summed E-state index contributed by atoms with van der Waals surface area (Å²) < 4.78 is 1.54. The van der Waals surface area contributed by atoms with Crippen molar-refractivity contribution in [2.75, 3.05) is 13.2 Å². The quantitative estimate of drug-likeness (QED) is 0.685. The van der Waals surface area contributed by atoms with Crippen molar-refractivity contribution in [2.45, 2.75) is 13.0 Å². The molecule has 1 aromatic heterocycles. The van der Waals surface area contributed by atoms with Crippen molar-refractivity contribution in [3.05, 3.63) is 17.7 Å². The van der Waals surface area contributed by atoms with E-state index in [1.165, 1.54) is 10.8 Å². The summed E-state index contributed by atoms with van der Waals surface area (Å²) >= 11 is 5.68. The Morgan fingerprint density at radius 3 is 3.07 bits per heavy atom. The zero-order chi connectivity index (χ0) is 10.4. The highest BCUT2D eigenvalue weighted by Gasteiger charge is 2.04. The van der Waals surface area contributed by atoms with Gasteiger partial charge in [-0.15, -0.1) is 0 Å². The predicted molar refractivity (Wildman–Crippen MR) is 51.9 cm³/mol. The lowest BCUT2D eigenvalue weighted by atomic mass is 10.4. The highest BCUT2D eigenvalue weighted by Crippen LogP contribution is 2.03. The second-order valence-corrected chi connectivity index (χ2v) is 3.09. The lowest BCUT2D eigenvalue weighted by Crippen LogP contribution is -2.28. The minimum atomic E-state index is -0.140. The third-order valence-corrected chi connectivity index (χ3v) is 1.95. The molecule has 0 aliphatic carbocycles. The van der Waals surface area contributed by atoms with Crippen molar-refractivity contribution in [1.82, 2.24) is 14.9 Å². The number of hydrogen-bond donors (Lipinski definition) is 2. The van der Waals surface area contributed by atoms with E-state index >= 15 is 0 Å². The number of halogens is 1. The summed E-state index contributed by atoms with van der Waals surface area (Å²) in [7, 11) is 0. The molecule has 78 valence electrons. The lowest BCUT2D eigenvalue weighted by molar-refractivity contribution is -0.121. The minimum absolute atomic E-state index is 0.0755. The van der Waals surface area contributed by atoms with Crippen molar-refractivity contribution in [3.63, 3.8) is 0 Å². The molecule has 0 spiro atoms. The van der Waals surface area contributed by atoms with Gasteiger partial charge in [0.15, 0.2) is 0 Å². The van der Waals surface area contributed by atoms with Crippen LogP contribution in [0, 0.1) is 0 Å². The first kappa shape index (κ1) is 11.0. The van der Waals surface area contributed by atoms with E-state index in [1.54, 1.807) is 6.20 Å². The second kappa shape index (κ2) is 5.62. The third-order valence-electron chi connectivity index (χ3n) is 1.64. The van der Waals surface area contributed by atoms with E-state index in [0.29, 0.717) is 18.2 Å². The zero-order valence-corrected chi connectivity index (χ0v) is 8.37. The molecule has 1 aromatic rings. The Morgan fingerprint density at radius 1 is 1.71 bits per heavy atom. The summed E-state index contributed by atoms with van der Waals surface area (Å²) in [6.07, 6.45) is 3.72. The van der Waals surface area contributed by atoms with Gasteiger partial charge in [-0.2, -0.15) is 0 Å². The van der Waals surface area contributed by atoms with E-state index in [1.807, 2.05) is 0 Å². The number of hydrogen-bond acceptors (Lipinski definition) is 3. The Morgan fingerprint density at radius 2 is 2.50 bits per heavy atom. The van der Waals surface area contributed by atoms with Crippen molar-refractivity contribution in [1.29, 1.82) is 0 Å². The number of aliphatic hydroxyl groups excluding tert-OH is 1. The lowest BCUT2D eigenvalue weighted by Gasteiger charge is -2.04. The van der Waals surface area contributed by atoms with Gasteiger partial charge in [-0.25, -0.2) is 4.98 Å². The number of aromatic nitrogens is 2. The van der Waals surface area contributed by atoms with Crippen LogP contribution in [0.5, 0.6) is 0 Å². The summed E-state index contributed by atoms with van der Waals surface area (Å²) in [5.41, 5.74) is 0. The Labute approximate surface area is 86.7 Å². The molecule has 0 saturated carbocycles. The van der Waals surface area contributed by atoms with Crippen LogP contribution in [-0.2, 0) is 11.3 Å². The molecule has 0 bridgehead atoms. The second-order valence-electron chi connectivity index (χ2n) is 2.75. The van der Waals surface area contributed by atoms with Gasteiger partial charge < -0.3 is 15.0 Å². The van der Waals surface area contributed by atoms with E-state index < -0.39 is 0 Å². The Hall–Kier alpha value is -1.07. The number of carbonyl (C=O) groups excluding carboxylic acids is 1. The molecule has 1 rings (SSSR count). The SMILES string of the molecule is O=C(Cn1ccnc1Cl)NCCCO. The average Bonchev–Trinajstić information content (AvgIpc) is 2.52. The average molecular weight is 218 g/mol. The van der Waals surface area contributed by atoms with Crippen LogP contribution in [0.15, 0.2) is 12.4 Å². The molecule has 1 heterocycles. The van der Waals surface area contributed by atoms with Crippen LogP contribution in [0.2, 0.25) is 5.28 Å². The molecule has 0 unspecified atom stereocenters. The molecule has 6 heteroatoms. The Bertz CT molecular complexity index is 301. The van der Waals surface area contributed by atoms with Crippen molar-refractivity contribution < 1.29 is 9.90 Å². The van der Waals surface area contributed by atoms with Gasteiger partial charge in [-0.1, -0.05) is 0 Å². The van der Waals surface area contributed by atoms with E-state index in [0.717, 1.165) is 0 Å². The van der Waals surface area contributed by atoms with Gasteiger partial charge in [0, 0.05) is 25.5 Å². The van der Waals surface area contributed by atoms with Crippen LogP contribution >= 0.6 is 11.6 Å². The number of carbonyl (C=O) groups is 1. The van der Waals surface area contributed by atoms with Gasteiger partial charge in [0.25, 0.3) is 0 Å². The molecule has 0 aliphatic heterocycles. The van der Waals surface area contributed by atoms with Gasteiger partial charge in [-0.05, 0) is 18.0 Å². The fourth-order valence-corrected chi connectivity index (χ4v) is 1.12. The molecule has 0 radical (unpaired) electrons. The summed E-state index contributed by atoms with van der Waals surface area (Å²) in [5.74, 6) is -0.140. The number of nitrogens with one attached hydrogen (secondary N) is 1. The summed E-state index contributed by atoms with van der Waals surface area (Å²) in [6, 6.07) is 0. The normalized spacial score (nSPS) is 10.1. The predicted octanol–water partition coefficient (Wildman–Crippen LogP) is 0.0351. The number of nitrogens with zero attached hydrogens (tertiary/aromatic N) is 2. The van der Waals surface area contributed by atoms with Crippen molar-refractivity contribution in [3.8, 4) is 0 Å². The minimum Gasteiger partial charge on any atom is -0.396 e. The van der Waals surface area contributed by atoms with Crippen LogP contribution in [0.4, 0.5) is 0 Å². The van der Waals surface area contributed by atoms with Gasteiger partial charge in [0.05, 0.1) is 0 Å². The van der Waals surface area contributed by atoms with Crippen LogP contribution < -0.4 is 5.32 Å². The molecule has 2 N–H and O–H groups in total. The van der Waals surface area contributed by atoms with Gasteiger partial charge in [0.2, 0.25) is 11.2 Å². The van der Waals surface area contributed by atoms with E-state index in [-0.39, 0.29) is 19.1 Å². The maximum absolute atomic E-state index is 11.2. The zero-order valence-electron chi connectivity index (χ0n) is 7.61. The molecule has 5 nitrogen and oxygen atoms in total. The number of aliphatic hydroxyl groups is 1. The van der Waals surface area contributed by atoms with Crippen LogP contribution in [0.1, 0.15) is 6.42 Å². The maximum Gasteiger partial charge on any atom is 0.240 e. The largest absolute Gasteiger partial charge is 0.396 e. The van der Waals surface area contributed by atoms with Gasteiger partial charge in [-0.3, -0.25) is 4.79 Å². The topological polar surface area (TPSA) is 67.2 Å². The van der Waals surface area contributed by atoms with Crippen molar-refractivity contribution >= 4 is 17.5 Å². The maximum atomic E-state index is 11.2. The Balaban J connectivity index is 2.31. The monoisotopic (exact) mass is 217 g/mol. The Kier molecular flexibility index (Phi) is 4.42. The first-order chi connectivity index (χ1) is 6.74. The number of rotatable bonds is 5. The molecular weight excluding hydrogens is 206 g/mol. The summed E-state index contributed by atoms with van der Waals surface area (Å²) in [6.45, 7) is 0.706. The summed E-state index contributed by atoms with van der Waals surface area (Å²) in [4.78, 5) is 15.0. The molecule has 0 saturated heterocycles. The molecule has 0 aromatic carbocycles. The van der Waals surface area contributed by atoms with Crippen LogP contribution in [0.3, 0.4) is 0 Å². The first-order valence-electron chi connectivity index (χ1n) is 4.28. The number of amides is 1. The molecule has 1 amide bonds. The van der Waals surface area contributed by atoms with Crippen LogP contribution in [0.25, 0.3) is 0 Å². The highest BCUT2D eigenvalue weighted by atomic mass is 35.5. The first-order valence-corrected chi connectivity index (χ1v) is 4.66. The van der Waals surface area contributed by atoms with Crippen LogP contribution in [-0.4, -0.2) is 33.7 Å². The van der Waals surface area contributed by atoms with Gasteiger partial charge in [0.1, 0.15) is 6.54 Å². The molecular formula is C8H12ClN3O2. The fourth-order valence-electron chi connectivity index (χ4n) is 0.946. The van der Waals surface area contributed by atoms with E-state index in [9.17, 15) is 4.79 Å². The van der Waals surface area contributed by atoms with Crippen molar-refractivity contribution in [2.24, 2.45) is 0 Å². The smallest absolute Gasteiger partial charge is 0.240 e. The molecule has 14 heavy (non-hydrogen) atoms. The van der Waals surface area contributed by atoms with E-state index in [4.69, 9.17) is 16.7 Å². The number of imidazole rings is 1.